The van der Waals surface area contributed by atoms with Crippen molar-refractivity contribution in [3.8, 4) is 5.75 Å². The number of benzene rings is 1. The smallest absolute Gasteiger partial charge is 0.421 e. The zero-order chi connectivity index (χ0) is 19.6. The van der Waals surface area contributed by atoms with Crippen LogP contribution in [0.4, 0.5) is 13.2 Å². The predicted molar refractivity (Wildman–Crippen MR) is 92.4 cm³/mol. The lowest BCUT2D eigenvalue weighted by molar-refractivity contribution is -0.139. The maximum atomic E-state index is 12.9. The number of amides is 1. The molecule has 8 heteroatoms. The van der Waals surface area contributed by atoms with Crippen LogP contribution in [0.1, 0.15) is 30.0 Å². The van der Waals surface area contributed by atoms with E-state index >= 15 is 0 Å². The van der Waals surface area contributed by atoms with E-state index in [2.05, 4.69) is 0 Å². The number of methoxy groups -OCH3 is 1. The molecule has 0 radical (unpaired) electrons. The first-order chi connectivity index (χ1) is 12.8. The third-order valence-electron chi connectivity index (χ3n) is 4.68. The molecule has 0 bridgehead atoms. The minimum Gasteiger partial charge on any atom is -0.497 e. The number of aromatic nitrogens is 1. The number of ether oxygens (including phenoxy) is 1. The minimum atomic E-state index is -4.75. The molecular formula is C19H19F3N2O3. The van der Waals surface area contributed by atoms with Gasteiger partial charge in [0.1, 0.15) is 17.9 Å². The van der Waals surface area contributed by atoms with Crippen LogP contribution in [0.5, 0.6) is 5.75 Å². The van der Waals surface area contributed by atoms with Crippen LogP contribution in [0, 0.1) is 0 Å². The van der Waals surface area contributed by atoms with Crippen molar-refractivity contribution in [3.05, 3.63) is 64.1 Å². The standard InChI is InChI=1S/C19H19F3N2O3/c1-27-14-6-2-5-13(11-14)16-8-4-10-24(16)17(25)12-23-9-3-7-15(18(23)26)19(20,21)22/h2-3,5-7,9,11,16H,4,8,10,12H2,1H3. The molecule has 0 spiro atoms. The molecule has 1 aliphatic rings. The van der Waals surface area contributed by atoms with E-state index in [0.29, 0.717) is 12.3 Å². The van der Waals surface area contributed by atoms with Gasteiger partial charge in [0.05, 0.1) is 13.2 Å². The first kappa shape index (κ1) is 19.0. The van der Waals surface area contributed by atoms with Gasteiger partial charge in [0.2, 0.25) is 5.91 Å². The van der Waals surface area contributed by atoms with E-state index < -0.39 is 23.8 Å². The topological polar surface area (TPSA) is 51.5 Å². The lowest BCUT2D eigenvalue weighted by Gasteiger charge is -2.26. The maximum absolute atomic E-state index is 12.9. The molecule has 1 amide bonds. The Morgan fingerprint density at radius 1 is 1.26 bits per heavy atom. The average molecular weight is 380 g/mol. The number of hydrogen-bond acceptors (Lipinski definition) is 3. The van der Waals surface area contributed by atoms with Gasteiger partial charge in [-0.1, -0.05) is 12.1 Å². The zero-order valence-corrected chi connectivity index (χ0v) is 14.7. The molecule has 2 heterocycles. The molecule has 1 unspecified atom stereocenters. The van der Waals surface area contributed by atoms with E-state index in [4.69, 9.17) is 4.74 Å². The number of pyridine rings is 1. The van der Waals surface area contributed by atoms with Crippen molar-refractivity contribution in [2.75, 3.05) is 13.7 Å². The highest BCUT2D eigenvalue weighted by Gasteiger charge is 2.35. The molecule has 3 rings (SSSR count). The number of halogens is 3. The summed E-state index contributed by atoms with van der Waals surface area (Å²) in [7, 11) is 1.55. The van der Waals surface area contributed by atoms with E-state index in [1.54, 1.807) is 18.1 Å². The molecule has 1 aliphatic heterocycles. The van der Waals surface area contributed by atoms with Crippen LogP contribution in [-0.2, 0) is 17.5 Å². The molecule has 27 heavy (non-hydrogen) atoms. The second-order valence-corrected chi connectivity index (χ2v) is 6.37. The molecule has 5 nitrogen and oxygen atoms in total. The lowest BCUT2D eigenvalue weighted by Crippen LogP contribution is -2.37. The summed E-state index contributed by atoms with van der Waals surface area (Å²) in [5, 5.41) is 0. The summed E-state index contributed by atoms with van der Waals surface area (Å²) in [6, 6.07) is 9.01. The van der Waals surface area contributed by atoms with Crippen LogP contribution in [-0.4, -0.2) is 29.0 Å². The van der Waals surface area contributed by atoms with Crippen molar-refractivity contribution in [3.63, 3.8) is 0 Å². The first-order valence-electron chi connectivity index (χ1n) is 8.51. The van der Waals surface area contributed by atoms with E-state index in [-0.39, 0.29) is 11.9 Å². The maximum Gasteiger partial charge on any atom is 0.421 e. The van der Waals surface area contributed by atoms with Crippen molar-refractivity contribution in [1.82, 2.24) is 9.47 Å². The third kappa shape index (κ3) is 3.99. The Morgan fingerprint density at radius 3 is 2.74 bits per heavy atom. The van der Waals surface area contributed by atoms with Crippen molar-refractivity contribution >= 4 is 5.91 Å². The van der Waals surface area contributed by atoms with Gasteiger partial charge < -0.3 is 14.2 Å². The van der Waals surface area contributed by atoms with Crippen LogP contribution < -0.4 is 10.3 Å². The number of likely N-dealkylation sites (tertiary alicyclic amines) is 1. The van der Waals surface area contributed by atoms with Gasteiger partial charge in [-0.2, -0.15) is 13.2 Å². The van der Waals surface area contributed by atoms with Crippen LogP contribution in [0.2, 0.25) is 0 Å². The summed E-state index contributed by atoms with van der Waals surface area (Å²) in [5.74, 6) is 0.280. The molecule has 2 aromatic rings. The van der Waals surface area contributed by atoms with Crippen molar-refractivity contribution in [1.29, 1.82) is 0 Å². The van der Waals surface area contributed by atoms with Gasteiger partial charge in [-0.15, -0.1) is 0 Å². The highest BCUT2D eigenvalue weighted by Crippen LogP contribution is 2.33. The lowest BCUT2D eigenvalue weighted by atomic mass is 10.0. The van der Waals surface area contributed by atoms with Crippen LogP contribution in [0.3, 0.4) is 0 Å². The third-order valence-corrected chi connectivity index (χ3v) is 4.68. The van der Waals surface area contributed by atoms with Crippen molar-refractivity contribution < 1.29 is 22.7 Å². The van der Waals surface area contributed by atoms with Gasteiger partial charge in [0.25, 0.3) is 5.56 Å². The van der Waals surface area contributed by atoms with E-state index in [1.807, 2.05) is 18.2 Å². The predicted octanol–water partition coefficient (Wildman–Crippen LogP) is 3.24. The van der Waals surface area contributed by atoms with E-state index in [0.717, 1.165) is 35.1 Å². The van der Waals surface area contributed by atoms with Gasteiger partial charge >= 0.3 is 6.18 Å². The Labute approximate surface area is 154 Å². The van der Waals surface area contributed by atoms with Crippen molar-refractivity contribution in [2.45, 2.75) is 31.6 Å². The van der Waals surface area contributed by atoms with Gasteiger partial charge in [-0.25, -0.2) is 0 Å². The normalized spacial score (nSPS) is 17.2. The number of alkyl halides is 3. The largest absolute Gasteiger partial charge is 0.497 e. The van der Waals surface area contributed by atoms with Gasteiger partial charge in [0.15, 0.2) is 0 Å². The highest BCUT2D eigenvalue weighted by molar-refractivity contribution is 5.77. The van der Waals surface area contributed by atoms with E-state index in [1.165, 1.54) is 6.20 Å². The Hall–Kier alpha value is -2.77. The Morgan fingerprint density at radius 2 is 2.04 bits per heavy atom. The fourth-order valence-electron chi connectivity index (χ4n) is 3.37. The molecule has 1 atom stereocenters. The first-order valence-corrected chi connectivity index (χ1v) is 8.51. The summed E-state index contributed by atoms with van der Waals surface area (Å²) in [6.07, 6.45) is -2.02. The quantitative estimate of drug-likeness (QED) is 0.818. The second kappa shape index (κ2) is 7.46. The van der Waals surface area contributed by atoms with Crippen molar-refractivity contribution in [2.24, 2.45) is 0 Å². The summed E-state index contributed by atoms with van der Waals surface area (Å²) in [4.78, 5) is 26.4. The summed E-state index contributed by atoms with van der Waals surface area (Å²) in [6.45, 7) is 0.0671. The second-order valence-electron chi connectivity index (χ2n) is 6.37. The SMILES string of the molecule is COc1cccc(C2CCCN2C(=O)Cn2cccc(C(F)(F)F)c2=O)c1. The van der Waals surface area contributed by atoms with Gasteiger partial charge in [-0.05, 0) is 42.7 Å². The number of carbonyl (C=O) groups is 1. The zero-order valence-electron chi connectivity index (χ0n) is 14.7. The fraction of sp³-hybridized carbons (Fsp3) is 0.368. The summed E-state index contributed by atoms with van der Waals surface area (Å²) in [5.41, 5.74) is -1.59. The van der Waals surface area contributed by atoms with Crippen LogP contribution in [0.15, 0.2) is 47.4 Å². The molecule has 0 aliphatic carbocycles. The molecule has 1 fully saturated rings. The van der Waals surface area contributed by atoms with Gasteiger partial charge in [0, 0.05) is 12.7 Å². The summed E-state index contributed by atoms with van der Waals surface area (Å²) < 4.78 is 44.7. The Kier molecular flexibility index (Phi) is 5.25. The number of hydrogen-bond donors (Lipinski definition) is 0. The van der Waals surface area contributed by atoms with Gasteiger partial charge in [-0.3, -0.25) is 9.59 Å². The van der Waals surface area contributed by atoms with Crippen LogP contribution in [0.25, 0.3) is 0 Å². The Balaban J connectivity index is 1.83. The van der Waals surface area contributed by atoms with Crippen LogP contribution >= 0.6 is 0 Å². The van der Waals surface area contributed by atoms with E-state index in [9.17, 15) is 22.8 Å². The average Bonchev–Trinajstić information content (AvgIpc) is 3.12. The fourth-order valence-corrected chi connectivity index (χ4v) is 3.37. The minimum absolute atomic E-state index is 0.186. The molecule has 1 aromatic heterocycles. The monoisotopic (exact) mass is 380 g/mol. The number of nitrogens with zero attached hydrogens (tertiary/aromatic N) is 2. The summed E-state index contributed by atoms with van der Waals surface area (Å²) >= 11 is 0. The molecule has 1 saturated heterocycles. The molecule has 0 N–H and O–H groups in total. The molecule has 0 saturated carbocycles. The Bertz CT molecular complexity index is 892. The number of carbonyl (C=O) groups excluding carboxylic acids is 1. The molecule has 1 aromatic carbocycles. The molecule has 144 valence electrons. The number of rotatable bonds is 4. The molecular weight excluding hydrogens is 361 g/mol. The highest BCUT2D eigenvalue weighted by atomic mass is 19.4.